The van der Waals surface area contributed by atoms with Crippen LogP contribution in [0.25, 0.3) is 0 Å². The molecule has 0 unspecified atom stereocenters. The van der Waals surface area contributed by atoms with Crippen LogP contribution in [0.5, 0.6) is 0 Å². The molecule has 140 valence electrons. The molecule has 2 amide bonds. The molecule has 0 bridgehead atoms. The van der Waals surface area contributed by atoms with Crippen molar-refractivity contribution in [1.82, 2.24) is 0 Å². The molecule has 6 heteroatoms. The summed E-state index contributed by atoms with van der Waals surface area (Å²) in [4.78, 5) is 38.1. The second-order valence-electron chi connectivity index (χ2n) is 6.70. The molecule has 1 heterocycles. The van der Waals surface area contributed by atoms with E-state index in [-0.39, 0.29) is 25.5 Å². The summed E-state index contributed by atoms with van der Waals surface area (Å²) >= 11 is 0. The number of rotatable bonds is 5. The van der Waals surface area contributed by atoms with Crippen molar-refractivity contribution >= 4 is 29.2 Å². The number of nitrogens with one attached hydrogen (secondary N) is 1. The predicted molar refractivity (Wildman–Crippen MR) is 102 cm³/mol. The Morgan fingerprint density at radius 2 is 1.85 bits per heavy atom. The molecule has 1 fully saturated rings. The van der Waals surface area contributed by atoms with Crippen LogP contribution in [-0.2, 0) is 19.1 Å². The topological polar surface area (TPSA) is 75.7 Å². The fourth-order valence-corrected chi connectivity index (χ4v) is 2.98. The van der Waals surface area contributed by atoms with Crippen molar-refractivity contribution in [2.45, 2.75) is 20.3 Å². The van der Waals surface area contributed by atoms with Crippen LogP contribution < -0.4 is 10.2 Å². The van der Waals surface area contributed by atoms with Crippen LogP contribution in [0.3, 0.4) is 0 Å². The van der Waals surface area contributed by atoms with Gasteiger partial charge in [0, 0.05) is 24.3 Å². The van der Waals surface area contributed by atoms with Crippen molar-refractivity contribution in [2.24, 2.45) is 5.92 Å². The predicted octanol–water partition coefficient (Wildman–Crippen LogP) is 2.84. The number of carbonyl (C=O) groups excluding carboxylic acids is 3. The van der Waals surface area contributed by atoms with Gasteiger partial charge in [0.25, 0.3) is 5.91 Å². The van der Waals surface area contributed by atoms with E-state index < -0.39 is 17.8 Å². The standard InChI is InChI=1S/C21H22N2O4/c1-14-8-9-18(10-15(14)2)23-12-16(11-20(23)25)21(26)27-13-19(24)22-17-6-4-3-5-7-17/h3-10,16H,11-13H2,1-2H3,(H,22,24)/t16-/m1/s1. The van der Waals surface area contributed by atoms with E-state index in [1.54, 1.807) is 29.2 Å². The number of para-hydroxylation sites is 1. The smallest absolute Gasteiger partial charge is 0.311 e. The summed E-state index contributed by atoms with van der Waals surface area (Å²) in [6.45, 7) is 3.88. The van der Waals surface area contributed by atoms with Gasteiger partial charge in [-0.05, 0) is 49.2 Å². The zero-order valence-corrected chi connectivity index (χ0v) is 15.4. The number of ether oxygens (including phenoxy) is 1. The Morgan fingerprint density at radius 3 is 2.56 bits per heavy atom. The molecule has 1 N–H and O–H groups in total. The van der Waals surface area contributed by atoms with Crippen LogP contribution in [0.1, 0.15) is 17.5 Å². The lowest BCUT2D eigenvalue weighted by Gasteiger charge is -2.17. The van der Waals surface area contributed by atoms with Gasteiger partial charge in [-0.3, -0.25) is 14.4 Å². The summed E-state index contributed by atoms with van der Waals surface area (Å²) in [5.41, 5.74) is 3.64. The van der Waals surface area contributed by atoms with E-state index in [0.717, 1.165) is 16.8 Å². The Kier molecular flexibility index (Phi) is 5.54. The number of aryl methyl sites for hydroxylation is 2. The van der Waals surface area contributed by atoms with Gasteiger partial charge in [0.15, 0.2) is 6.61 Å². The Hall–Kier alpha value is -3.15. The maximum absolute atomic E-state index is 12.3. The van der Waals surface area contributed by atoms with Crippen LogP contribution in [0.2, 0.25) is 0 Å². The van der Waals surface area contributed by atoms with Gasteiger partial charge in [0.2, 0.25) is 5.91 Å². The molecule has 27 heavy (non-hydrogen) atoms. The summed E-state index contributed by atoms with van der Waals surface area (Å²) in [6, 6.07) is 14.7. The van der Waals surface area contributed by atoms with Crippen molar-refractivity contribution in [1.29, 1.82) is 0 Å². The zero-order valence-electron chi connectivity index (χ0n) is 15.4. The van der Waals surface area contributed by atoms with Gasteiger partial charge in [-0.15, -0.1) is 0 Å². The molecule has 0 aliphatic carbocycles. The molecule has 0 aromatic heterocycles. The first kappa shape index (κ1) is 18.6. The lowest BCUT2D eigenvalue weighted by Crippen LogP contribution is -2.28. The van der Waals surface area contributed by atoms with E-state index in [1.165, 1.54) is 0 Å². The minimum Gasteiger partial charge on any atom is -0.455 e. The Morgan fingerprint density at radius 1 is 1.11 bits per heavy atom. The fourth-order valence-electron chi connectivity index (χ4n) is 2.98. The number of carbonyl (C=O) groups is 3. The number of esters is 1. The highest BCUT2D eigenvalue weighted by Gasteiger charge is 2.36. The number of anilines is 2. The number of amides is 2. The lowest BCUT2D eigenvalue weighted by molar-refractivity contribution is -0.151. The number of hydrogen-bond acceptors (Lipinski definition) is 4. The third-order valence-corrected chi connectivity index (χ3v) is 4.66. The summed E-state index contributed by atoms with van der Waals surface area (Å²) in [7, 11) is 0. The van der Waals surface area contributed by atoms with Crippen molar-refractivity contribution in [3.8, 4) is 0 Å². The van der Waals surface area contributed by atoms with Crippen LogP contribution >= 0.6 is 0 Å². The number of hydrogen-bond donors (Lipinski definition) is 1. The van der Waals surface area contributed by atoms with Crippen LogP contribution in [0.15, 0.2) is 48.5 Å². The average Bonchev–Trinajstić information content (AvgIpc) is 3.05. The van der Waals surface area contributed by atoms with Crippen molar-refractivity contribution in [2.75, 3.05) is 23.4 Å². The third kappa shape index (κ3) is 4.53. The molecule has 3 rings (SSSR count). The highest BCUT2D eigenvalue weighted by Crippen LogP contribution is 2.27. The first-order valence-electron chi connectivity index (χ1n) is 8.83. The number of nitrogens with zero attached hydrogens (tertiary/aromatic N) is 1. The molecule has 6 nitrogen and oxygen atoms in total. The molecule has 1 saturated heterocycles. The highest BCUT2D eigenvalue weighted by molar-refractivity contribution is 6.00. The van der Waals surface area contributed by atoms with Crippen molar-refractivity contribution in [3.63, 3.8) is 0 Å². The highest BCUT2D eigenvalue weighted by atomic mass is 16.5. The molecular weight excluding hydrogens is 344 g/mol. The van der Waals surface area contributed by atoms with Gasteiger partial charge in [0.05, 0.1) is 5.92 Å². The monoisotopic (exact) mass is 366 g/mol. The Balaban J connectivity index is 1.54. The minimum absolute atomic E-state index is 0.0893. The molecule has 2 aromatic carbocycles. The maximum Gasteiger partial charge on any atom is 0.311 e. The summed E-state index contributed by atoms with van der Waals surface area (Å²) in [5, 5.41) is 2.65. The first-order chi connectivity index (χ1) is 12.9. The average molecular weight is 366 g/mol. The van der Waals surface area contributed by atoms with E-state index in [2.05, 4.69) is 5.32 Å². The van der Waals surface area contributed by atoms with E-state index >= 15 is 0 Å². The fraction of sp³-hybridized carbons (Fsp3) is 0.286. The first-order valence-corrected chi connectivity index (χ1v) is 8.83. The van der Waals surface area contributed by atoms with Gasteiger partial charge in [0.1, 0.15) is 0 Å². The van der Waals surface area contributed by atoms with E-state index in [1.807, 2.05) is 38.1 Å². The van der Waals surface area contributed by atoms with Crippen LogP contribution in [0, 0.1) is 19.8 Å². The summed E-state index contributed by atoms with van der Waals surface area (Å²) < 4.78 is 5.11. The molecule has 1 atom stereocenters. The number of benzene rings is 2. The minimum atomic E-state index is -0.566. The Labute approximate surface area is 158 Å². The molecular formula is C21H22N2O4. The van der Waals surface area contributed by atoms with Crippen molar-refractivity contribution < 1.29 is 19.1 Å². The Bertz CT molecular complexity index is 864. The van der Waals surface area contributed by atoms with E-state index in [4.69, 9.17) is 4.74 Å². The van der Waals surface area contributed by atoms with Gasteiger partial charge < -0.3 is 15.0 Å². The second kappa shape index (κ2) is 8.03. The largest absolute Gasteiger partial charge is 0.455 e. The zero-order chi connectivity index (χ0) is 19.4. The normalized spacial score (nSPS) is 16.3. The molecule has 1 aliphatic heterocycles. The van der Waals surface area contributed by atoms with E-state index in [9.17, 15) is 14.4 Å². The van der Waals surface area contributed by atoms with Gasteiger partial charge in [-0.25, -0.2) is 0 Å². The van der Waals surface area contributed by atoms with Gasteiger partial charge in [-0.1, -0.05) is 24.3 Å². The maximum atomic E-state index is 12.3. The second-order valence-corrected chi connectivity index (χ2v) is 6.70. The van der Waals surface area contributed by atoms with E-state index in [0.29, 0.717) is 5.69 Å². The van der Waals surface area contributed by atoms with Gasteiger partial charge in [-0.2, -0.15) is 0 Å². The summed E-state index contributed by atoms with van der Waals surface area (Å²) in [5.74, 6) is -1.62. The molecule has 2 aromatic rings. The van der Waals surface area contributed by atoms with Crippen LogP contribution in [-0.4, -0.2) is 30.9 Å². The molecule has 1 aliphatic rings. The van der Waals surface area contributed by atoms with Crippen LogP contribution in [0.4, 0.5) is 11.4 Å². The molecule has 0 radical (unpaired) electrons. The van der Waals surface area contributed by atoms with Crippen molar-refractivity contribution in [3.05, 3.63) is 59.7 Å². The third-order valence-electron chi connectivity index (χ3n) is 4.66. The SMILES string of the molecule is Cc1ccc(N2C[C@H](C(=O)OCC(=O)Nc3ccccc3)CC2=O)cc1C. The van der Waals surface area contributed by atoms with Gasteiger partial charge >= 0.3 is 5.97 Å². The molecule has 0 saturated carbocycles. The lowest BCUT2D eigenvalue weighted by atomic mass is 10.1. The quantitative estimate of drug-likeness (QED) is 0.826. The molecule has 0 spiro atoms. The summed E-state index contributed by atoms with van der Waals surface area (Å²) in [6.07, 6.45) is 0.0893.